The van der Waals surface area contributed by atoms with Crippen molar-refractivity contribution >= 4 is 22.4 Å². The molecule has 3 heteroatoms. The van der Waals surface area contributed by atoms with E-state index in [9.17, 15) is 0 Å². The average molecular weight is 279 g/mol. The van der Waals surface area contributed by atoms with Crippen LogP contribution in [0.15, 0.2) is 30.3 Å². The summed E-state index contributed by atoms with van der Waals surface area (Å²) in [5.74, 6) is 1.64. The van der Waals surface area contributed by atoms with Gasteiger partial charge in [-0.15, -0.1) is 0 Å². The number of hydrogen-bond acceptors (Lipinski definition) is 2. The second-order valence-electron chi connectivity index (χ2n) is 4.42. The zero-order valence-corrected chi connectivity index (χ0v) is 12.2. The van der Waals surface area contributed by atoms with E-state index >= 15 is 0 Å². The molecule has 0 aliphatic carbocycles. The lowest BCUT2D eigenvalue weighted by atomic mass is 10.1. The minimum atomic E-state index is 0.647. The van der Waals surface area contributed by atoms with Crippen molar-refractivity contribution in [1.29, 1.82) is 0 Å². The summed E-state index contributed by atoms with van der Waals surface area (Å²) in [7, 11) is 0. The lowest BCUT2D eigenvalue weighted by Crippen LogP contribution is -1.98. The Morgan fingerprint density at radius 3 is 2.37 bits per heavy atom. The number of ether oxygens (including phenoxy) is 2. The van der Waals surface area contributed by atoms with Gasteiger partial charge in [0.25, 0.3) is 0 Å². The van der Waals surface area contributed by atoms with E-state index in [1.807, 2.05) is 30.3 Å². The van der Waals surface area contributed by atoms with Crippen LogP contribution in [0.5, 0.6) is 11.5 Å². The fraction of sp³-hybridized carbons (Fsp3) is 0.375. The molecule has 0 aromatic heterocycles. The van der Waals surface area contributed by atoms with Gasteiger partial charge in [0.05, 0.1) is 18.2 Å². The molecule has 0 radical (unpaired) electrons. The van der Waals surface area contributed by atoms with Gasteiger partial charge in [-0.2, -0.15) is 0 Å². The van der Waals surface area contributed by atoms with E-state index < -0.39 is 0 Å². The maximum atomic E-state index is 6.23. The third-order valence-corrected chi connectivity index (χ3v) is 3.13. The smallest absolute Gasteiger partial charge is 0.145 e. The first-order valence-corrected chi connectivity index (χ1v) is 7.12. The third-order valence-electron chi connectivity index (χ3n) is 2.84. The van der Waals surface area contributed by atoms with Gasteiger partial charge in [0.2, 0.25) is 0 Å². The summed E-state index contributed by atoms with van der Waals surface area (Å²) in [4.78, 5) is 0. The fourth-order valence-electron chi connectivity index (χ4n) is 1.96. The van der Waals surface area contributed by atoms with Crippen molar-refractivity contribution in [1.82, 2.24) is 0 Å². The molecular formula is C16H19ClO2. The van der Waals surface area contributed by atoms with Crippen molar-refractivity contribution in [2.24, 2.45) is 0 Å². The monoisotopic (exact) mass is 278 g/mol. The second-order valence-corrected chi connectivity index (χ2v) is 4.83. The Hall–Kier alpha value is -1.41. The van der Waals surface area contributed by atoms with E-state index in [0.717, 1.165) is 35.1 Å². The highest BCUT2D eigenvalue weighted by Crippen LogP contribution is 2.37. The van der Waals surface area contributed by atoms with E-state index in [4.69, 9.17) is 21.1 Å². The summed E-state index contributed by atoms with van der Waals surface area (Å²) in [6.07, 6.45) is 1.95. The summed E-state index contributed by atoms with van der Waals surface area (Å²) in [6, 6.07) is 9.83. The summed E-state index contributed by atoms with van der Waals surface area (Å²) in [5, 5.41) is 2.70. The highest BCUT2D eigenvalue weighted by atomic mass is 35.5. The molecule has 0 bridgehead atoms. The van der Waals surface area contributed by atoms with Crippen molar-refractivity contribution in [3.05, 3.63) is 35.4 Å². The topological polar surface area (TPSA) is 18.5 Å². The molecule has 0 spiro atoms. The molecule has 2 aromatic rings. The summed E-state index contributed by atoms with van der Waals surface area (Å²) >= 11 is 6.23. The molecule has 0 atom stereocenters. The minimum Gasteiger partial charge on any atom is -0.493 e. The molecule has 0 aliphatic heterocycles. The number of hydrogen-bond donors (Lipinski definition) is 0. The van der Waals surface area contributed by atoms with Crippen LogP contribution in [0.3, 0.4) is 0 Å². The molecule has 2 rings (SSSR count). The molecule has 0 heterocycles. The largest absolute Gasteiger partial charge is 0.493 e. The molecule has 0 saturated carbocycles. The molecule has 0 amide bonds. The van der Waals surface area contributed by atoms with Crippen LogP contribution in [0, 0.1) is 0 Å². The van der Waals surface area contributed by atoms with Crippen LogP contribution in [0.2, 0.25) is 5.02 Å². The van der Waals surface area contributed by atoms with Crippen LogP contribution in [-0.2, 0) is 0 Å². The maximum absolute atomic E-state index is 6.23. The van der Waals surface area contributed by atoms with Gasteiger partial charge >= 0.3 is 0 Å². The first kappa shape index (κ1) is 14.0. The van der Waals surface area contributed by atoms with E-state index in [-0.39, 0.29) is 0 Å². The Labute approximate surface area is 119 Å². The van der Waals surface area contributed by atoms with Crippen LogP contribution in [0.4, 0.5) is 0 Å². The first-order chi connectivity index (χ1) is 9.27. The van der Waals surface area contributed by atoms with Crippen molar-refractivity contribution in [2.45, 2.75) is 26.7 Å². The van der Waals surface area contributed by atoms with Gasteiger partial charge < -0.3 is 9.47 Å². The van der Waals surface area contributed by atoms with Gasteiger partial charge in [-0.05, 0) is 31.0 Å². The Balaban J connectivity index is 2.46. The van der Waals surface area contributed by atoms with Gasteiger partial charge in [0.1, 0.15) is 11.5 Å². The molecule has 0 aliphatic rings. The van der Waals surface area contributed by atoms with Crippen molar-refractivity contribution in [2.75, 3.05) is 13.2 Å². The molecule has 19 heavy (non-hydrogen) atoms. The van der Waals surface area contributed by atoms with Crippen LogP contribution < -0.4 is 9.47 Å². The van der Waals surface area contributed by atoms with Crippen LogP contribution >= 0.6 is 11.6 Å². The molecule has 0 saturated heterocycles. The van der Waals surface area contributed by atoms with E-state index in [1.165, 1.54) is 0 Å². The SMILES string of the molecule is CCCOc1cccc2c(OCCC)c(Cl)ccc12. The summed E-state index contributed by atoms with van der Waals surface area (Å²) in [5.41, 5.74) is 0. The molecule has 0 N–H and O–H groups in total. The Morgan fingerprint density at radius 2 is 1.63 bits per heavy atom. The van der Waals surface area contributed by atoms with Gasteiger partial charge in [-0.1, -0.05) is 37.6 Å². The number of benzene rings is 2. The van der Waals surface area contributed by atoms with Crippen LogP contribution in [0.1, 0.15) is 26.7 Å². The molecule has 102 valence electrons. The predicted molar refractivity (Wildman–Crippen MR) is 80.5 cm³/mol. The van der Waals surface area contributed by atoms with Crippen LogP contribution in [0.25, 0.3) is 10.8 Å². The lowest BCUT2D eigenvalue weighted by molar-refractivity contribution is 0.318. The van der Waals surface area contributed by atoms with Crippen molar-refractivity contribution in [3.8, 4) is 11.5 Å². The van der Waals surface area contributed by atoms with Gasteiger partial charge in [0, 0.05) is 10.8 Å². The minimum absolute atomic E-state index is 0.647. The summed E-state index contributed by atoms with van der Waals surface area (Å²) in [6.45, 7) is 5.55. The Bertz CT molecular complexity index is 552. The van der Waals surface area contributed by atoms with Gasteiger partial charge in [-0.3, -0.25) is 0 Å². The highest BCUT2D eigenvalue weighted by molar-refractivity contribution is 6.33. The van der Waals surface area contributed by atoms with E-state index in [0.29, 0.717) is 18.2 Å². The fourth-order valence-corrected chi connectivity index (χ4v) is 2.18. The Morgan fingerprint density at radius 1 is 0.895 bits per heavy atom. The van der Waals surface area contributed by atoms with Gasteiger partial charge in [0.15, 0.2) is 0 Å². The average Bonchev–Trinajstić information content (AvgIpc) is 2.44. The number of rotatable bonds is 6. The van der Waals surface area contributed by atoms with Crippen molar-refractivity contribution < 1.29 is 9.47 Å². The second kappa shape index (κ2) is 6.67. The Kier molecular flexibility index (Phi) is 4.92. The lowest BCUT2D eigenvalue weighted by Gasteiger charge is -2.13. The molecule has 0 fully saturated rings. The van der Waals surface area contributed by atoms with Crippen LogP contribution in [-0.4, -0.2) is 13.2 Å². The molecular weight excluding hydrogens is 260 g/mol. The third kappa shape index (κ3) is 3.13. The maximum Gasteiger partial charge on any atom is 0.145 e. The zero-order valence-electron chi connectivity index (χ0n) is 11.4. The van der Waals surface area contributed by atoms with Gasteiger partial charge in [-0.25, -0.2) is 0 Å². The quantitative estimate of drug-likeness (QED) is 0.734. The molecule has 0 unspecified atom stereocenters. The van der Waals surface area contributed by atoms with E-state index in [1.54, 1.807) is 0 Å². The predicted octanol–water partition coefficient (Wildman–Crippen LogP) is 5.07. The number of halogens is 1. The molecule has 2 aromatic carbocycles. The highest BCUT2D eigenvalue weighted by Gasteiger charge is 2.10. The molecule has 2 nitrogen and oxygen atoms in total. The number of fused-ring (bicyclic) bond motifs is 1. The van der Waals surface area contributed by atoms with Crippen molar-refractivity contribution in [3.63, 3.8) is 0 Å². The first-order valence-electron chi connectivity index (χ1n) is 6.74. The normalized spacial score (nSPS) is 10.7. The summed E-state index contributed by atoms with van der Waals surface area (Å²) < 4.78 is 11.5. The standard InChI is InChI=1S/C16H19ClO2/c1-3-10-18-15-7-5-6-13-12(15)8-9-14(17)16(13)19-11-4-2/h5-9H,3-4,10-11H2,1-2H3. The zero-order chi connectivity index (χ0) is 13.7. The van der Waals surface area contributed by atoms with E-state index in [2.05, 4.69) is 13.8 Å².